The molecule has 2 atom stereocenters. The van der Waals surface area contributed by atoms with Gasteiger partial charge in [0.2, 0.25) is 0 Å². The molecule has 0 spiro atoms. The number of benzene rings is 1. The third-order valence-corrected chi connectivity index (χ3v) is 3.19. The molecule has 0 saturated heterocycles. The minimum Gasteiger partial charge on any atom is -0.486 e. The van der Waals surface area contributed by atoms with Crippen molar-refractivity contribution in [3.8, 4) is 11.5 Å². The van der Waals surface area contributed by atoms with Crippen molar-refractivity contribution in [2.45, 2.75) is 31.9 Å². The number of nitrogens with two attached hydrogens (primary N) is 1. The summed E-state index contributed by atoms with van der Waals surface area (Å²) in [6.45, 7) is 2.59. The molecule has 3 N–H and O–H groups in total. The molecular formula is C13H17N3O2. The Kier molecular flexibility index (Phi) is 2.83. The smallest absolute Gasteiger partial charge is 0.187 e. The first-order chi connectivity index (χ1) is 8.74. The largest absolute Gasteiger partial charge is 0.486 e. The Labute approximate surface area is 105 Å². The summed E-state index contributed by atoms with van der Waals surface area (Å²) in [5.41, 5.74) is 6.67. The van der Waals surface area contributed by atoms with E-state index in [1.54, 1.807) is 6.20 Å². The second-order valence-electron chi connectivity index (χ2n) is 4.83. The molecule has 1 aromatic carbocycles. The Morgan fingerprint density at radius 1 is 1.56 bits per heavy atom. The highest BCUT2D eigenvalue weighted by molar-refractivity contribution is 5.86. The Morgan fingerprint density at radius 2 is 2.44 bits per heavy atom. The van der Waals surface area contributed by atoms with Crippen molar-refractivity contribution in [2.75, 3.05) is 6.61 Å². The van der Waals surface area contributed by atoms with E-state index in [0.29, 0.717) is 6.61 Å². The second kappa shape index (κ2) is 4.49. The molecule has 1 aliphatic rings. The van der Waals surface area contributed by atoms with Crippen LogP contribution in [0.5, 0.6) is 11.5 Å². The zero-order valence-electron chi connectivity index (χ0n) is 10.3. The number of nitrogens with zero attached hydrogens (tertiary/aromatic N) is 1. The summed E-state index contributed by atoms with van der Waals surface area (Å²) in [5, 5.41) is 8.01. The van der Waals surface area contributed by atoms with Crippen molar-refractivity contribution in [2.24, 2.45) is 5.73 Å². The van der Waals surface area contributed by atoms with Gasteiger partial charge in [-0.05, 0) is 31.9 Å². The average molecular weight is 247 g/mol. The lowest BCUT2D eigenvalue weighted by Gasteiger charge is -2.27. The molecule has 5 nitrogen and oxygen atoms in total. The summed E-state index contributed by atoms with van der Waals surface area (Å²) in [7, 11) is 0. The lowest BCUT2D eigenvalue weighted by Crippen LogP contribution is -2.31. The number of aromatic amines is 1. The van der Waals surface area contributed by atoms with Gasteiger partial charge in [0.1, 0.15) is 18.2 Å². The summed E-state index contributed by atoms with van der Waals surface area (Å²) in [6.07, 6.45) is 3.69. The molecule has 0 fully saturated rings. The van der Waals surface area contributed by atoms with Crippen LogP contribution in [0.25, 0.3) is 10.9 Å². The minimum atomic E-state index is 0.0670. The molecule has 18 heavy (non-hydrogen) atoms. The zero-order chi connectivity index (χ0) is 12.5. The normalized spacial score (nSPS) is 20.0. The molecule has 0 amide bonds. The van der Waals surface area contributed by atoms with E-state index in [4.69, 9.17) is 15.2 Å². The summed E-state index contributed by atoms with van der Waals surface area (Å²) < 4.78 is 11.7. The van der Waals surface area contributed by atoms with E-state index < -0.39 is 0 Å². The van der Waals surface area contributed by atoms with E-state index in [-0.39, 0.29) is 12.1 Å². The molecule has 1 unspecified atom stereocenters. The monoisotopic (exact) mass is 247 g/mol. The number of hydrogen-bond acceptors (Lipinski definition) is 4. The Bertz CT molecular complexity index is 550. The Morgan fingerprint density at radius 3 is 3.28 bits per heavy atom. The number of ether oxygens (including phenoxy) is 2. The second-order valence-corrected chi connectivity index (χ2v) is 4.83. The van der Waals surface area contributed by atoms with Crippen LogP contribution >= 0.6 is 0 Å². The van der Waals surface area contributed by atoms with E-state index >= 15 is 0 Å². The molecular weight excluding hydrogens is 230 g/mol. The van der Waals surface area contributed by atoms with E-state index in [9.17, 15) is 0 Å². The number of aromatic nitrogens is 2. The molecule has 5 heteroatoms. The zero-order valence-corrected chi connectivity index (χ0v) is 10.3. The van der Waals surface area contributed by atoms with Gasteiger partial charge in [0, 0.05) is 11.4 Å². The maximum Gasteiger partial charge on any atom is 0.187 e. The van der Waals surface area contributed by atoms with E-state index in [0.717, 1.165) is 35.2 Å². The van der Waals surface area contributed by atoms with Crippen LogP contribution in [0.15, 0.2) is 18.3 Å². The topological polar surface area (TPSA) is 73.2 Å². The first kappa shape index (κ1) is 11.3. The summed E-state index contributed by atoms with van der Waals surface area (Å²) in [6, 6.07) is 4.09. The highest BCUT2D eigenvalue weighted by Crippen LogP contribution is 2.38. The average Bonchev–Trinajstić information content (AvgIpc) is 2.84. The Hall–Kier alpha value is -1.75. The van der Waals surface area contributed by atoms with Gasteiger partial charge in [0.05, 0.1) is 6.20 Å². The van der Waals surface area contributed by atoms with Crippen molar-refractivity contribution >= 4 is 10.9 Å². The van der Waals surface area contributed by atoms with Crippen LogP contribution in [0.4, 0.5) is 0 Å². The van der Waals surface area contributed by atoms with Gasteiger partial charge in [-0.1, -0.05) is 0 Å². The summed E-state index contributed by atoms with van der Waals surface area (Å²) >= 11 is 0. The van der Waals surface area contributed by atoms with Crippen molar-refractivity contribution in [3.05, 3.63) is 18.3 Å². The quantitative estimate of drug-likeness (QED) is 0.867. The maximum absolute atomic E-state index is 6.00. The van der Waals surface area contributed by atoms with Crippen molar-refractivity contribution in [1.82, 2.24) is 10.2 Å². The fourth-order valence-corrected chi connectivity index (χ4v) is 2.17. The third-order valence-electron chi connectivity index (χ3n) is 3.19. The van der Waals surface area contributed by atoms with E-state index in [1.807, 2.05) is 19.1 Å². The van der Waals surface area contributed by atoms with Crippen molar-refractivity contribution < 1.29 is 9.47 Å². The summed E-state index contributed by atoms with van der Waals surface area (Å²) in [4.78, 5) is 0. The maximum atomic E-state index is 6.00. The standard InChI is InChI=1S/C13H17N3O2/c1-8(14)2-4-10-7-17-11-5-3-9-6-15-16-12(9)13(11)18-10/h3,5-6,8,10H,2,4,7,14H2,1H3,(H,15,16)/t8?,10-/m0/s1. The van der Waals surface area contributed by atoms with Crippen LogP contribution in [-0.4, -0.2) is 29.0 Å². The lowest BCUT2D eigenvalue weighted by atomic mass is 10.1. The number of rotatable bonds is 3. The van der Waals surface area contributed by atoms with Gasteiger partial charge >= 0.3 is 0 Å². The predicted molar refractivity (Wildman–Crippen MR) is 68.9 cm³/mol. The van der Waals surface area contributed by atoms with Crippen LogP contribution in [-0.2, 0) is 0 Å². The van der Waals surface area contributed by atoms with E-state index in [2.05, 4.69) is 10.2 Å². The molecule has 3 rings (SSSR count). The summed E-state index contributed by atoms with van der Waals surface area (Å²) in [5.74, 6) is 1.55. The molecule has 1 aliphatic heterocycles. The lowest BCUT2D eigenvalue weighted by molar-refractivity contribution is 0.0840. The number of H-pyrrole nitrogens is 1. The minimum absolute atomic E-state index is 0.0670. The molecule has 0 bridgehead atoms. The molecule has 2 heterocycles. The van der Waals surface area contributed by atoms with Crippen molar-refractivity contribution in [1.29, 1.82) is 0 Å². The van der Waals surface area contributed by atoms with Crippen LogP contribution in [0, 0.1) is 0 Å². The first-order valence-corrected chi connectivity index (χ1v) is 6.25. The van der Waals surface area contributed by atoms with Gasteiger partial charge in [-0.25, -0.2) is 0 Å². The van der Waals surface area contributed by atoms with Gasteiger partial charge in [-0.2, -0.15) is 5.10 Å². The van der Waals surface area contributed by atoms with Gasteiger partial charge in [-0.3, -0.25) is 5.10 Å². The van der Waals surface area contributed by atoms with E-state index in [1.165, 1.54) is 0 Å². The number of nitrogens with one attached hydrogen (secondary N) is 1. The number of hydrogen-bond donors (Lipinski definition) is 2. The molecule has 2 aromatic rings. The van der Waals surface area contributed by atoms with Gasteiger partial charge in [0.25, 0.3) is 0 Å². The molecule has 0 saturated carbocycles. The fraction of sp³-hybridized carbons (Fsp3) is 0.462. The van der Waals surface area contributed by atoms with Gasteiger partial charge in [0.15, 0.2) is 11.5 Å². The molecule has 0 radical (unpaired) electrons. The van der Waals surface area contributed by atoms with Crippen LogP contribution in [0.1, 0.15) is 19.8 Å². The third kappa shape index (κ3) is 2.01. The first-order valence-electron chi connectivity index (χ1n) is 6.25. The molecule has 0 aliphatic carbocycles. The van der Waals surface area contributed by atoms with Gasteiger partial charge in [-0.15, -0.1) is 0 Å². The SMILES string of the molecule is CC(N)CC[C@H]1COc2ccc3cn[nH]c3c2O1. The molecule has 1 aromatic heterocycles. The van der Waals surface area contributed by atoms with Crippen LogP contribution < -0.4 is 15.2 Å². The predicted octanol–water partition coefficient (Wildman–Crippen LogP) is 1.83. The highest BCUT2D eigenvalue weighted by atomic mass is 16.6. The number of fused-ring (bicyclic) bond motifs is 3. The highest BCUT2D eigenvalue weighted by Gasteiger charge is 2.23. The Balaban J connectivity index is 1.84. The van der Waals surface area contributed by atoms with Gasteiger partial charge < -0.3 is 15.2 Å². The van der Waals surface area contributed by atoms with Crippen LogP contribution in [0.3, 0.4) is 0 Å². The van der Waals surface area contributed by atoms with Crippen LogP contribution in [0.2, 0.25) is 0 Å². The van der Waals surface area contributed by atoms with Crippen molar-refractivity contribution in [3.63, 3.8) is 0 Å². The fourth-order valence-electron chi connectivity index (χ4n) is 2.17. The molecule has 96 valence electrons.